The van der Waals surface area contributed by atoms with Crippen LogP contribution in [-0.2, 0) is 28.8 Å². The molecule has 0 spiro atoms. The Labute approximate surface area is 123 Å². The molecule has 0 aliphatic carbocycles. The van der Waals surface area contributed by atoms with E-state index in [0.717, 1.165) is 0 Å². The number of aliphatic carboxylic acids is 2. The number of nitrogens with one attached hydrogen (secondary N) is 4. The van der Waals surface area contributed by atoms with E-state index in [4.69, 9.17) is 10.2 Å². The molecule has 0 rings (SSSR count). The molecule has 0 unspecified atom stereocenters. The van der Waals surface area contributed by atoms with E-state index in [1.54, 1.807) is 0 Å². The average molecular weight is 318 g/mol. The maximum absolute atomic E-state index is 11.2. The average Bonchev–Trinajstić information content (AvgIpc) is 2.45. The largest absolute Gasteiger partial charge is 0.480 e. The highest BCUT2D eigenvalue weighted by Gasteiger charge is 2.15. The third kappa shape index (κ3) is 9.71. The van der Waals surface area contributed by atoms with Crippen molar-refractivity contribution < 1.29 is 39.0 Å². The van der Waals surface area contributed by atoms with Crippen LogP contribution in [0.1, 0.15) is 0 Å². The minimum absolute atomic E-state index is 0.620. The molecule has 22 heavy (non-hydrogen) atoms. The molecule has 0 atom stereocenters. The van der Waals surface area contributed by atoms with Crippen LogP contribution >= 0.6 is 0 Å². The molecule has 0 aliphatic heterocycles. The number of hydrogen-bond donors (Lipinski definition) is 6. The summed E-state index contributed by atoms with van der Waals surface area (Å²) in [6, 6.07) is 0. The van der Waals surface area contributed by atoms with Crippen LogP contribution in [0.3, 0.4) is 0 Å². The summed E-state index contributed by atoms with van der Waals surface area (Å²) in [5, 5.41) is 24.3. The van der Waals surface area contributed by atoms with Crippen molar-refractivity contribution in [1.82, 2.24) is 21.3 Å². The highest BCUT2D eigenvalue weighted by atomic mass is 16.4. The van der Waals surface area contributed by atoms with Gasteiger partial charge >= 0.3 is 23.8 Å². The number of carbonyl (C=O) groups excluding carboxylic acids is 4. The van der Waals surface area contributed by atoms with Gasteiger partial charge in [-0.05, 0) is 0 Å². The number of amides is 4. The zero-order valence-corrected chi connectivity index (χ0v) is 11.2. The summed E-state index contributed by atoms with van der Waals surface area (Å²) in [5.74, 6) is -6.60. The van der Waals surface area contributed by atoms with Gasteiger partial charge in [0.25, 0.3) is 0 Å². The van der Waals surface area contributed by atoms with E-state index in [0.29, 0.717) is 0 Å². The van der Waals surface area contributed by atoms with E-state index >= 15 is 0 Å². The van der Waals surface area contributed by atoms with Gasteiger partial charge < -0.3 is 31.5 Å². The summed E-state index contributed by atoms with van der Waals surface area (Å²) in [6.45, 7) is -2.51. The number of carbonyl (C=O) groups is 6. The molecule has 122 valence electrons. The van der Waals surface area contributed by atoms with Gasteiger partial charge in [0.1, 0.15) is 13.1 Å². The Balaban J connectivity index is 3.94. The fraction of sp³-hybridized carbons (Fsp3) is 0.400. The lowest BCUT2D eigenvalue weighted by atomic mass is 10.4. The summed E-state index contributed by atoms with van der Waals surface area (Å²) in [4.78, 5) is 64.8. The zero-order valence-electron chi connectivity index (χ0n) is 11.2. The van der Waals surface area contributed by atoms with E-state index < -0.39 is 61.7 Å². The molecule has 0 saturated heterocycles. The first kappa shape index (κ1) is 18.8. The highest BCUT2D eigenvalue weighted by Crippen LogP contribution is 1.72. The van der Waals surface area contributed by atoms with Crippen molar-refractivity contribution in [2.24, 2.45) is 0 Å². The molecule has 0 radical (unpaired) electrons. The fourth-order valence-electron chi connectivity index (χ4n) is 0.955. The Morgan fingerprint density at radius 3 is 1.14 bits per heavy atom. The molecule has 0 bridgehead atoms. The van der Waals surface area contributed by atoms with Gasteiger partial charge in [0.2, 0.25) is 11.8 Å². The van der Waals surface area contributed by atoms with Crippen molar-refractivity contribution in [1.29, 1.82) is 0 Å². The summed E-state index contributed by atoms with van der Waals surface area (Å²) < 4.78 is 0. The van der Waals surface area contributed by atoms with Crippen molar-refractivity contribution in [2.45, 2.75) is 0 Å². The first-order chi connectivity index (χ1) is 10.2. The van der Waals surface area contributed by atoms with Crippen LogP contribution in [0.2, 0.25) is 0 Å². The minimum atomic E-state index is -1.27. The lowest BCUT2D eigenvalue weighted by Crippen LogP contribution is -2.47. The van der Waals surface area contributed by atoms with Crippen LogP contribution in [0.15, 0.2) is 0 Å². The quantitative estimate of drug-likeness (QED) is 0.242. The van der Waals surface area contributed by atoms with E-state index in [2.05, 4.69) is 0 Å². The van der Waals surface area contributed by atoms with Gasteiger partial charge in [-0.3, -0.25) is 28.8 Å². The first-order valence-electron chi connectivity index (χ1n) is 5.75. The van der Waals surface area contributed by atoms with E-state index in [-0.39, 0.29) is 0 Å². The summed E-state index contributed by atoms with van der Waals surface area (Å²) in [6.07, 6.45) is 0. The Bertz CT molecular complexity index is 445. The van der Waals surface area contributed by atoms with E-state index in [1.807, 2.05) is 21.3 Å². The van der Waals surface area contributed by atoms with Crippen LogP contribution in [0.4, 0.5) is 0 Å². The second kappa shape index (κ2) is 9.68. The Morgan fingerprint density at radius 1 is 0.545 bits per heavy atom. The third-order valence-corrected chi connectivity index (χ3v) is 1.90. The molecule has 0 aromatic carbocycles. The monoisotopic (exact) mass is 318 g/mol. The smallest absolute Gasteiger partial charge is 0.322 e. The van der Waals surface area contributed by atoms with Crippen molar-refractivity contribution in [2.75, 3.05) is 26.2 Å². The van der Waals surface area contributed by atoms with Gasteiger partial charge in [-0.15, -0.1) is 0 Å². The third-order valence-electron chi connectivity index (χ3n) is 1.90. The Hall–Kier alpha value is -3.18. The van der Waals surface area contributed by atoms with Crippen molar-refractivity contribution in [3.8, 4) is 0 Å². The molecule has 0 aromatic heterocycles. The van der Waals surface area contributed by atoms with Gasteiger partial charge in [0, 0.05) is 0 Å². The molecule has 0 aliphatic rings. The molecule has 12 nitrogen and oxygen atoms in total. The maximum atomic E-state index is 11.2. The van der Waals surface area contributed by atoms with Gasteiger partial charge in [0.15, 0.2) is 0 Å². The molecule has 0 saturated carbocycles. The first-order valence-corrected chi connectivity index (χ1v) is 5.75. The Morgan fingerprint density at radius 2 is 0.864 bits per heavy atom. The summed E-state index contributed by atoms with van der Waals surface area (Å²) in [5.41, 5.74) is 0. The molecular weight excluding hydrogens is 304 g/mol. The number of carboxylic acids is 2. The van der Waals surface area contributed by atoms with Gasteiger partial charge in [-0.1, -0.05) is 0 Å². The number of rotatable bonds is 8. The van der Waals surface area contributed by atoms with Crippen LogP contribution in [-0.4, -0.2) is 72.0 Å². The molecular formula is C10H14N4O8. The van der Waals surface area contributed by atoms with Crippen molar-refractivity contribution in [3.05, 3.63) is 0 Å². The van der Waals surface area contributed by atoms with Gasteiger partial charge in [-0.25, -0.2) is 0 Å². The topological polar surface area (TPSA) is 191 Å². The fourth-order valence-corrected chi connectivity index (χ4v) is 0.955. The highest BCUT2D eigenvalue weighted by molar-refractivity contribution is 6.35. The van der Waals surface area contributed by atoms with Gasteiger partial charge in [0.05, 0.1) is 13.1 Å². The normalized spacial score (nSPS) is 9.27. The second-order valence-corrected chi connectivity index (χ2v) is 3.71. The predicted octanol–water partition coefficient (Wildman–Crippen LogP) is -4.38. The van der Waals surface area contributed by atoms with Crippen LogP contribution in [0, 0.1) is 0 Å². The molecule has 0 aromatic rings. The molecule has 12 heteroatoms. The SMILES string of the molecule is O=C(O)CNC(=O)CNC(=O)C(=O)NCC(=O)NCC(=O)O. The molecule has 6 N–H and O–H groups in total. The number of hydrogen-bond acceptors (Lipinski definition) is 6. The van der Waals surface area contributed by atoms with Crippen molar-refractivity contribution >= 4 is 35.6 Å². The van der Waals surface area contributed by atoms with Crippen LogP contribution in [0.5, 0.6) is 0 Å². The lowest BCUT2D eigenvalue weighted by molar-refractivity contribution is -0.141. The van der Waals surface area contributed by atoms with Crippen molar-refractivity contribution in [3.63, 3.8) is 0 Å². The van der Waals surface area contributed by atoms with E-state index in [1.165, 1.54) is 0 Å². The van der Waals surface area contributed by atoms with Crippen LogP contribution < -0.4 is 21.3 Å². The molecule has 0 fully saturated rings. The van der Waals surface area contributed by atoms with E-state index in [9.17, 15) is 28.8 Å². The standard InChI is InChI=1S/C10H14N4O8/c15-5(11-3-7(17)18)1-13-9(21)10(22)14-2-6(16)12-4-8(19)20/h1-4H2,(H,11,15)(H,12,16)(H,13,21)(H,14,22)(H,17,18)(H,19,20). The summed E-state index contributed by atoms with van der Waals surface area (Å²) >= 11 is 0. The van der Waals surface area contributed by atoms with Gasteiger partial charge in [-0.2, -0.15) is 0 Å². The lowest BCUT2D eigenvalue weighted by Gasteiger charge is -2.06. The predicted molar refractivity (Wildman–Crippen MR) is 67.3 cm³/mol. The second-order valence-electron chi connectivity index (χ2n) is 3.71. The Kier molecular flexibility index (Phi) is 8.28. The molecule has 4 amide bonds. The number of carboxylic acid groups (broad SMARTS) is 2. The minimum Gasteiger partial charge on any atom is -0.480 e. The summed E-state index contributed by atoms with van der Waals surface area (Å²) in [7, 11) is 0. The maximum Gasteiger partial charge on any atom is 0.322 e. The van der Waals surface area contributed by atoms with Crippen LogP contribution in [0.25, 0.3) is 0 Å². The zero-order chi connectivity index (χ0) is 17.1. The molecule has 0 heterocycles.